The molecule has 0 radical (unpaired) electrons. The van der Waals surface area contributed by atoms with Crippen LogP contribution in [0.5, 0.6) is 0 Å². The lowest BCUT2D eigenvalue weighted by atomic mass is 9.70. The van der Waals surface area contributed by atoms with E-state index >= 15 is 0 Å². The summed E-state index contributed by atoms with van der Waals surface area (Å²) in [5, 5.41) is 2.31. The molecule has 3 fully saturated rings. The average molecular weight is 236 g/mol. The minimum Gasteiger partial charge on any atom is -0.277 e. The van der Waals surface area contributed by atoms with Crippen molar-refractivity contribution in [1.29, 1.82) is 0 Å². The van der Waals surface area contributed by atoms with Crippen molar-refractivity contribution in [2.45, 2.75) is 39.0 Å². The third-order valence-electron chi connectivity index (χ3n) is 4.41. The monoisotopic (exact) mass is 236 g/mol. The zero-order valence-electron chi connectivity index (χ0n) is 9.91. The smallest absolute Gasteiger partial charge is 0.277 e. The highest BCUT2D eigenvalue weighted by molar-refractivity contribution is 6.20. The fraction of sp³-hybridized carbons (Fsp3) is 0.750. The van der Waals surface area contributed by atoms with Gasteiger partial charge in [0.05, 0.1) is 0 Å². The molecule has 2 aliphatic carbocycles. The lowest BCUT2D eigenvalue weighted by molar-refractivity contribution is -0.146. The number of nitrogens with zero attached hydrogens (tertiary/aromatic N) is 1. The van der Waals surface area contributed by atoms with E-state index in [1.54, 1.807) is 0 Å². The number of carbonyl (C=O) groups is 3. The largest absolute Gasteiger partial charge is 0.330 e. The molecule has 0 atom stereocenters. The van der Waals surface area contributed by atoms with Crippen molar-refractivity contribution in [3.63, 3.8) is 0 Å². The summed E-state index contributed by atoms with van der Waals surface area (Å²) in [7, 11) is 0. The Morgan fingerprint density at radius 1 is 1.18 bits per heavy atom. The van der Waals surface area contributed by atoms with Crippen molar-refractivity contribution in [2.24, 2.45) is 10.8 Å². The maximum Gasteiger partial charge on any atom is 0.330 e. The number of hydrogen-bond donors (Lipinski definition) is 1. The molecule has 4 amide bonds. The Hall–Kier alpha value is -1.39. The van der Waals surface area contributed by atoms with Gasteiger partial charge < -0.3 is 0 Å². The number of barbiturate groups is 1. The molecule has 17 heavy (non-hydrogen) atoms. The van der Waals surface area contributed by atoms with Crippen molar-refractivity contribution in [3.8, 4) is 0 Å². The van der Waals surface area contributed by atoms with Crippen LogP contribution in [0.2, 0.25) is 0 Å². The molecule has 92 valence electrons. The zero-order valence-corrected chi connectivity index (χ0v) is 9.91. The first-order chi connectivity index (χ1) is 7.97. The Bertz CT molecular complexity index is 421. The van der Waals surface area contributed by atoms with Crippen LogP contribution in [0.25, 0.3) is 0 Å². The van der Waals surface area contributed by atoms with Crippen LogP contribution in [-0.2, 0) is 9.59 Å². The maximum absolute atomic E-state index is 12.2. The number of carbonyl (C=O) groups excluding carboxylic acids is 3. The third kappa shape index (κ3) is 1.41. The van der Waals surface area contributed by atoms with E-state index in [9.17, 15) is 14.4 Å². The summed E-state index contributed by atoms with van der Waals surface area (Å²) in [5.41, 5.74) is -0.836. The molecule has 5 nitrogen and oxygen atoms in total. The summed E-state index contributed by atoms with van der Waals surface area (Å²) in [5.74, 6) is -0.679. The second-order valence-corrected chi connectivity index (χ2v) is 5.90. The van der Waals surface area contributed by atoms with Gasteiger partial charge in [-0.25, -0.2) is 4.79 Å². The van der Waals surface area contributed by atoms with E-state index < -0.39 is 17.4 Å². The molecule has 3 rings (SSSR count). The highest BCUT2D eigenvalue weighted by Gasteiger charge is 2.62. The maximum atomic E-state index is 12.2. The Labute approximate surface area is 99.5 Å². The highest BCUT2D eigenvalue weighted by atomic mass is 16.2. The number of amides is 4. The van der Waals surface area contributed by atoms with Crippen LogP contribution in [0.1, 0.15) is 39.0 Å². The van der Waals surface area contributed by atoms with Gasteiger partial charge in [-0.1, -0.05) is 13.3 Å². The van der Waals surface area contributed by atoms with Crippen molar-refractivity contribution < 1.29 is 14.4 Å². The molecular weight excluding hydrogens is 220 g/mol. The third-order valence-corrected chi connectivity index (χ3v) is 4.41. The molecule has 2 saturated carbocycles. The SMILES string of the molecule is CC1(CN2C(=O)NC(=O)C3(CC3)C2=O)CCC1. The fourth-order valence-corrected chi connectivity index (χ4v) is 2.76. The van der Waals surface area contributed by atoms with Crippen LogP contribution in [-0.4, -0.2) is 29.3 Å². The average Bonchev–Trinajstić information content (AvgIpc) is 3.01. The minimum atomic E-state index is -0.895. The molecule has 3 aliphatic rings. The molecule has 1 heterocycles. The second kappa shape index (κ2) is 3.09. The first-order valence-corrected chi connectivity index (χ1v) is 6.14. The van der Waals surface area contributed by atoms with Gasteiger partial charge in [0.2, 0.25) is 11.8 Å². The Kier molecular flexibility index (Phi) is 1.95. The van der Waals surface area contributed by atoms with Crippen molar-refractivity contribution in [1.82, 2.24) is 10.2 Å². The van der Waals surface area contributed by atoms with E-state index in [-0.39, 0.29) is 11.3 Å². The van der Waals surface area contributed by atoms with Crippen LogP contribution in [0, 0.1) is 10.8 Å². The Balaban J connectivity index is 1.81. The fourth-order valence-electron chi connectivity index (χ4n) is 2.76. The predicted molar refractivity (Wildman–Crippen MR) is 58.9 cm³/mol. The van der Waals surface area contributed by atoms with Crippen molar-refractivity contribution in [2.75, 3.05) is 6.54 Å². The molecular formula is C12H16N2O3. The summed E-state index contributed by atoms with van der Waals surface area (Å²) in [6, 6.07) is -0.536. The van der Waals surface area contributed by atoms with E-state index in [1.807, 2.05) is 0 Å². The number of rotatable bonds is 2. The normalized spacial score (nSPS) is 29.0. The lowest BCUT2D eigenvalue weighted by Gasteiger charge is -2.43. The van der Waals surface area contributed by atoms with Gasteiger partial charge in [-0.3, -0.25) is 19.8 Å². The van der Waals surface area contributed by atoms with Gasteiger partial charge in [0.15, 0.2) is 0 Å². The molecule has 1 spiro atoms. The van der Waals surface area contributed by atoms with Gasteiger partial charge >= 0.3 is 6.03 Å². The predicted octanol–water partition coefficient (Wildman–Crippen LogP) is 1.04. The van der Waals surface area contributed by atoms with E-state index in [4.69, 9.17) is 0 Å². The lowest BCUT2D eigenvalue weighted by Crippen LogP contribution is -2.61. The quantitative estimate of drug-likeness (QED) is 0.728. The van der Waals surface area contributed by atoms with Gasteiger partial charge in [0.25, 0.3) is 0 Å². The van der Waals surface area contributed by atoms with Crippen LogP contribution in [0.4, 0.5) is 4.79 Å². The molecule has 0 unspecified atom stereocenters. The Morgan fingerprint density at radius 2 is 1.82 bits per heavy atom. The molecule has 1 N–H and O–H groups in total. The van der Waals surface area contributed by atoms with E-state index in [1.165, 1.54) is 4.90 Å². The van der Waals surface area contributed by atoms with Crippen LogP contribution in [0.3, 0.4) is 0 Å². The minimum absolute atomic E-state index is 0.0590. The molecule has 0 aromatic carbocycles. The van der Waals surface area contributed by atoms with Crippen LogP contribution in [0.15, 0.2) is 0 Å². The van der Waals surface area contributed by atoms with E-state index in [0.29, 0.717) is 19.4 Å². The summed E-state index contributed by atoms with van der Waals surface area (Å²) in [6.45, 7) is 2.54. The first kappa shape index (κ1) is 10.7. The Morgan fingerprint density at radius 3 is 2.29 bits per heavy atom. The number of imide groups is 2. The molecule has 1 saturated heterocycles. The van der Waals surface area contributed by atoms with Gasteiger partial charge in [-0.15, -0.1) is 0 Å². The number of nitrogens with one attached hydrogen (secondary N) is 1. The van der Waals surface area contributed by atoms with Gasteiger partial charge in [0, 0.05) is 6.54 Å². The molecule has 0 aromatic heterocycles. The summed E-state index contributed by atoms with van der Waals surface area (Å²) in [6.07, 6.45) is 4.41. The summed E-state index contributed by atoms with van der Waals surface area (Å²) >= 11 is 0. The summed E-state index contributed by atoms with van der Waals surface area (Å²) in [4.78, 5) is 36.8. The second-order valence-electron chi connectivity index (χ2n) is 5.90. The highest BCUT2D eigenvalue weighted by Crippen LogP contribution is 2.50. The standard InChI is InChI=1S/C12H16N2O3/c1-11(3-2-4-11)7-14-9(16)12(5-6-12)8(15)13-10(14)17/h2-7H2,1H3,(H,13,15,17). The molecule has 5 heteroatoms. The topological polar surface area (TPSA) is 66.5 Å². The summed E-state index contributed by atoms with van der Waals surface area (Å²) < 4.78 is 0. The van der Waals surface area contributed by atoms with Gasteiger partial charge in [-0.05, 0) is 31.1 Å². The molecule has 0 bridgehead atoms. The molecule has 1 aliphatic heterocycles. The number of urea groups is 1. The zero-order chi connectivity index (χ0) is 12.3. The van der Waals surface area contributed by atoms with E-state index in [2.05, 4.69) is 12.2 Å². The van der Waals surface area contributed by atoms with Crippen molar-refractivity contribution >= 4 is 17.8 Å². The van der Waals surface area contributed by atoms with Crippen molar-refractivity contribution in [3.05, 3.63) is 0 Å². The van der Waals surface area contributed by atoms with Gasteiger partial charge in [0.1, 0.15) is 5.41 Å². The van der Waals surface area contributed by atoms with Gasteiger partial charge in [-0.2, -0.15) is 0 Å². The van der Waals surface area contributed by atoms with E-state index in [0.717, 1.165) is 19.3 Å². The van der Waals surface area contributed by atoms with Crippen LogP contribution < -0.4 is 5.32 Å². The van der Waals surface area contributed by atoms with Crippen LogP contribution >= 0.6 is 0 Å². The first-order valence-electron chi connectivity index (χ1n) is 6.14. The molecule has 0 aromatic rings. The number of hydrogen-bond acceptors (Lipinski definition) is 3.